The number of rotatable bonds is 2. The van der Waals surface area contributed by atoms with Crippen LogP contribution in [0.15, 0.2) is 6.07 Å². The number of aryl methyl sites for hydroxylation is 2. The molecule has 3 aliphatic heterocycles. The Kier molecular flexibility index (Phi) is 5.29. The van der Waals surface area contributed by atoms with Crippen molar-refractivity contribution in [3.63, 3.8) is 0 Å². The largest absolute Gasteiger partial charge is 0.381 e. The number of hydrogen-bond donors (Lipinski definition) is 1. The minimum atomic E-state index is -0.296. The number of nitrogens with one attached hydrogen (secondary N) is 1. The number of pyridine rings is 1. The molecule has 1 N–H and O–H groups in total. The number of aromatic nitrogens is 3. The SMILES string of the molecule is CNC(=O)N1CCc2c(c(N3CCCc4nc(C)c(F)cc43)nn2C2CCOCC2)C1. The number of carbonyl (C=O) groups is 1. The van der Waals surface area contributed by atoms with Crippen LogP contribution in [0.1, 0.15) is 47.9 Å². The molecule has 0 aromatic carbocycles. The van der Waals surface area contributed by atoms with Crippen molar-refractivity contribution in [1.82, 2.24) is 25.0 Å². The minimum absolute atomic E-state index is 0.0854. The molecule has 0 spiro atoms. The number of nitrogens with zero attached hydrogens (tertiary/aromatic N) is 5. The Hall–Kier alpha value is -2.68. The van der Waals surface area contributed by atoms with Crippen LogP contribution in [0, 0.1) is 12.7 Å². The van der Waals surface area contributed by atoms with Crippen LogP contribution in [0.2, 0.25) is 0 Å². The van der Waals surface area contributed by atoms with Crippen LogP contribution in [0.5, 0.6) is 0 Å². The summed E-state index contributed by atoms with van der Waals surface area (Å²) < 4.78 is 22.2. The first-order valence-electron chi connectivity index (χ1n) is 11.1. The molecule has 0 aliphatic carbocycles. The Balaban J connectivity index is 1.60. The third-order valence-corrected chi connectivity index (χ3v) is 6.65. The molecule has 5 heterocycles. The average molecular weight is 429 g/mol. The lowest BCUT2D eigenvalue weighted by molar-refractivity contribution is 0.0651. The van der Waals surface area contributed by atoms with Crippen molar-refractivity contribution in [2.24, 2.45) is 0 Å². The van der Waals surface area contributed by atoms with Gasteiger partial charge in [-0.05, 0) is 32.6 Å². The average Bonchev–Trinajstić information content (AvgIpc) is 3.18. The first kappa shape index (κ1) is 20.2. The van der Waals surface area contributed by atoms with Crippen molar-refractivity contribution in [3.8, 4) is 0 Å². The zero-order valence-electron chi connectivity index (χ0n) is 18.2. The minimum Gasteiger partial charge on any atom is -0.381 e. The van der Waals surface area contributed by atoms with Crippen LogP contribution in [0.3, 0.4) is 0 Å². The van der Waals surface area contributed by atoms with Gasteiger partial charge in [0, 0.05) is 57.1 Å². The van der Waals surface area contributed by atoms with Gasteiger partial charge >= 0.3 is 6.03 Å². The molecular formula is C22H29FN6O2. The van der Waals surface area contributed by atoms with E-state index in [0.717, 1.165) is 74.6 Å². The zero-order chi connectivity index (χ0) is 21.5. The third-order valence-electron chi connectivity index (χ3n) is 6.65. The number of anilines is 2. The van der Waals surface area contributed by atoms with Crippen LogP contribution in [0.4, 0.5) is 20.7 Å². The molecule has 0 atom stereocenters. The zero-order valence-corrected chi connectivity index (χ0v) is 18.2. The molecule has 1 fully saturated rings. The van der Waals surface area contributed by atoms with Crippen molar-refractivity contribution < 1.29 is 13.9 Å². The van der Waals surface area contributed by atoms with E-state index in [1.165, 1.54) is 5.69 Å². The van der Waals surface area contributed by atoms with Crippen LogP contribution in [-0.4, -0.2) is 59.0 Å². The van der Waals surface area contributed by atoms with E-state index >= 15 is 0 Å². The van der Waals surface area contributed by atoms with E-state index in [2.05, 4.69) is 19.9 Å². The highest BCUT2D eigenvalue weighted by Gasteiger charge is 2.34. The van der Waals surface area contributed by atoms with E-state index in [1.54, 1.807) is 20.0 Å². The van der Waals surface area contributed by atoms with Gasteiger partial charge in [0.2, 0.25) is 0 Å². The molecule has 0 unspecified atom stereocenters. The van der Waals surface area contributed by atoms with Crippen molar-refractivity contribution in [2.45, 2.75) is 51.6 Å². The molecule has 5 rings (SSSR count). The molecule has 1 saturated heterocycles. The number of carbonyl (C=O) groups excluding carboxylic acids is 1. The van der Waals surface area contributed by atoms with Gasteiger partial charge in [0.05, 0.1) is 29.7 Å². The lowest BCUT2D eigenvalue weighted by Crippen LogP contribution is -2.42. The van der Waals surface area contributed by atoms with Crippen LogP contribution in [-0.2, 0) is 24.1 Å². The number of hydrogen-bond acceptors (Lipinski definition) is 5. The second-order valence-electron chi connectivity index (χ2n) is 8.54. The summed E-state index contributed by atoms with van der Waals surface area (Å²) >= 11 is 0. The highest BCUT2D eigenvalue weighted by Crippen LogP contribution is 2.39. The summed E-state index contributed by atoms with van der Waals surface area (Å²) in [7, 11) is 1.65. The standard InChI is InChI=1S/C22H29FN6O2/c1-14-17(23)12-20-18(25-14)4-3-8-28(20)21-16-13-27(22(30)24-2)9-5-19(16)29(26-21)15-6-10-31-11-7-15/h12,15H,3-11,13H2,1-2H3,(H,24,30). The Morgan fingerprint density at radius 2 is 2.06 bits per heavy atom. The predicted molar refractivity (Wildman–Crippen MR) is 114 cm³/mol. The van der Waals surface area contributed by atoms with E-state index in [9.17, 15) is 9.18 Å². The quantitative estimate of drug-likeness (QED) is 0.796. The fourth-order valence-corrected chi connectivity index (χ4v) is 4.99. The Bertz CT molecular complexity index is 1000. The fraction of sp³-hybridized carbons (Fsp3) is 0.591. The monoisotopic (exact) mass is 428 g/mol. The summed E-state index contributed by atoms with van der Waals surface area (Å²) in [5, 5.41) is 7.82. The van der Waals surface area contributed by atoms with E-state index < -0.39 is 0 Å². The molecule has 3 aliphatic rings. The highest BCUT2D eigenvalue weighted by atomic mass is 19.1. The first-order chi connectivity index (χ1) is 15.1. The van der Waals surface area contributed by atoms with Gasteiger partial charge in [0.1, 0.15) is 5.82 Å². The van der Waals surface area contributed by atoms with Gasteiger partial charge in [0.15, 0.2) is 5.82 Å². The maximum Gasteiger partial charge on any atom is 0.317 e. The normalized spacial score (nSPS) is 19.2. The Morgan fingerprint density at radius 3 is 2.84 bits per heavy atom. The molecular weight excluding hydrogens is 399 g/mol. The number of fused-ring (bicyclic) bond motifs is 2. The van der Waals surface area contributed by atoms with Gasteiger partial charge in [-0.3, -0.25) is 9.67 Å². The van der Waals surface area contributed by atoms with E-state index in [0.29, 0.717) is 24.8 Å². The maximum atomic E-state index is 14.5. The van der Waals surface area contributed by atoms with Crippen LogP contribution < -0.4 is 10.2 Å². The summed E-state index contributed by atoms with van der Waals surface area (Å²) in [5.41, 5.74) is 4.40. The van der Waals surface area contributed by atoms with Gasteiger partial charge in [0.25, 0.3) is 0 Å². The molecule has 0 saturated carbocycles. The third kappa shape index (κ3) is 3.54. The number of urea groups is 1. The van der Waals surface area contributed by atoms with Gasteiger partial charge in [-0.15, -0.1) is 0 Å². The van der Waals surface area contributed by atoms with Crippen molar-refractivity contribution in [1.29, 1.82) is 0 Å². The summed E-state index contributed by atoms with van der Waals surface area (Å²) in [6.45, 7) is 5.10. The van der Waals surface area contributed by atoms with Crippen molar-refractivity contribution in [3.05, 3.63) is 34.5 Å². The van der Waals surface area contributed by atoms with Crippen LogP contribution in [0.25, 0.3) is 0 Å². The second-order valence-corrected chi connectivity index (χ2v) is 8.54. The molecule has 2 amide bonds. The van der Waals surface area contributed by atoms with E-state index in [-0.39, 0.29) is 11.8 Å². The Morgan fingerprint density at radius 1 is 1.26 bits per heavy atom. The lowest BCUT2D eigenvalue weighted by Gasteiger charge is -2.32. The fourth-order valence-electron chi connectivity index (χ4n) is 4.99. The summed E-state index contributed by atoms with van der Waals surface area (Å²) in [5.74, 6) is 0.538. The van der Waals surface area contributed by atoms with Gasteiger partial charge < -0.3 is 19.9 Å². The summed E-state index contributed by atoms with van der Waals surface area (Å²) in [6.07, 6.45) is 4.38. The predicted octanol–water partition coefficient (Wildman–Crippen LogP) is 2.86. The highest BCUT2D eigenvalue weighted by molar-refractivity contribution is 5.75. The lowest BCUT2D eigenvalue weighted by atomic mass is 10.0. The topological polar surface area (TPSA) is 75.5 Å². The molecule has 2 aromatic rings. The number of amides is 2. The van der Waals surface area contributed by atoms with Crippen molar-refractivity contribution in [2.75, 3.05) is 38.3 Å². The van der Waals surface area contributed by atoms with E-state index in [4.69, 9.17) is 9.84 Å². The maximum absolute atomic E-state index is 14.5. The smallest absolute Gasteiger partial charge is 0.317 e. The summed E-state index contributed by atoms with van der Waals surface area (Å²) in [6, 6.07) is 1.80. The van der Waals surface area contributed by atoms with Gasteiger partial charge in [-0.25, -0.2) is 9.18 Å². The molecule has 0 bridgehead atoms. The van der Waals surface area contributed by atoms with Crippen LogP contribution >= 0.6 is 0 Å². The molecule has 2 aromatic heterocycles. The molecule has 9 heteroatoms. The van der Waals surface area contributed by atoms with Gasteiger partial charge in [-0.1, -0.05) is 0 Å². The molecule has 31 heavy (non-hydrogen) atoms. The molecule has 0 radical (unpaired) electrons. The summed E-state index contributed by atoms with van der Waals surface area (Å²) in [4.78, 5) is 20.8. The second kappa shape index (κ2) is 8.11. The van der Waals surface area contributed by atoms with Crippen molar-refractivity contribution >= 4 is 17.5 Å². The first-order valence-corrected chi connectivity index (χ1v) is 11.1. The molecule has 166 valence electrons. The number of ether oxygens (including phenoxy) is 1. The Labute approximate surface area is 181 Å². The van der Waals surface area contributed by atoms with Gasteiger partial charge in [-0.2, -0.15) is 5.10 Å². The van der Waals surface area contributed by atoms with E-state index in [1.807, 2.05) is 4.90 Å². The number of halogens is 1. The molecule has 8 nitrogen and oxygen atoms in total.